The van der Waals surface area contributed by atoms with Crippen molar-refractivity contribution < 1.29 is 23.7 Å². The molecule has 144 valence electrons. The molecular weight excluding hydrogens is 367 g/mol. The van der Waals surface area contributed by atoms with Crippen LogP contribution in [0.2, 0.25) is 0 Å². The van der Waals surface area contributed by atoms with E-state index in [0.717, 1.165) is 0 Å². The molecule has 8 heteroatoms. The number of hydrogen-bond acceptors (Lipinski definition) is 6. The first-order valence-corrected chi connectivity index (χ1v) is 10.3. The smallest absolute Gasteiger partial charge is 0.248 e. The molecule has 0 bridgehead atoms. The fourth-order valence-corrected chi connectivity index (χ4v) is 4.01. The zero-order valence-corrected chi connectivity index (χ0v) is 16.6. The molecule has 0 saturated carbocycles. The lowest BCUT2D eigenvalue weighted by molar-refractivity contribution is -0.289. The van der Waals surface area contributed by atoms with Crippen LogP contribution in [0, 0.1) is 0 Å². The number of para-hydroxylation sites is 1. The van der Waals surface area contributed by atoms with Gasteiger partial charge in [-0.3, -0.25) is 0 Å². The third-order valence-electron chi connectivity index (χ3n) is 3.48. The van der Waals surface area contributed by atoms with Gasteiger partial charge < -0.3 is 0 Å². The lowest BCUT2D eigenvalue weighted by atomic mass is 10.3. The normalized spacial score (nSPS) is 12.4. The molecule has 1 aromatic heterocycles. The summed E-state index contributed by atoms with van der Waals surface area (Å²) in [5, 5.41) is 5.21. The molecule has 0 saturated heterocycles. The first-order valence-electron chi connectivity index (χ1n) is 8.74. The summed E-state index contributed by atoms with van der Waals surface area (Å²) >= 11 is 0. The first-order chi connectivity index (χ1) is 12.9. The summed E-state index contributed by atoms with van der Waals surface area (Å²) in [5.74, 6) is 0. The zero-order valence-electron chi connectivity index (χ0n) is 15.7. The summed E-state index contributed by atoms with van der Waals surface area (Å²) in [4.78, 5) is 10.4. The molecule has 7 nitrogen and oxygen atoms in total. The standard InChI is InChI=1S/C19H23N2O5P/c1-14(2)23-25-27(22,26-24-15(3)4)19-17-12-8-9-13-18(17)20-21(19)16-10-6-5-7-11-16/h5-15H,1-4H3. The van der Waals surface area contributed by atoms with Gasteiger partial charge in [0.05, 0.1) is 23.4 Å². The van der Waals surface area contributed by atoms with Crippen molar-refractivity contribution in [3.05, 3.63) is 54.6 Å². The van der Waals surface area contributed by atoms with Gasteiger partial charge in [-0.05, 0) is 45.9 Å². The molecule has 0 amide bonds. The summed E-state index contributed by atoms with van der Waals surface area (Å²) in [5.41, 5.74) is 1.61. The minimum Gasteiger partial charge on any atom is -0.248 e. The molecular formula is C19H23N2O5P. The Hall–Kier alpha value is -2.02. The van der Waals surface area contributed by atoms with Crippen molar-refractivity contribution in [1.82, 2.24) is 9.78 Å². The maximum atomic E-state index is 13.7. The maximum Gasteiger partial charge on any atom is 0.433 e. The lowest BCUT2D eigenvalue weighted by Gasteiger charge is -2.19. The van der Waals surface area contributed by atoms with E-state index in [-0.39, 0.29) is 17.6 Å². The van der Waals surface area contributed by atoms with E-state index in [2.05, 4.69) is 5.10 Å². The van der Waals surface area contributed by atoms with Crippen LogP contribution in [0.4, 0.5) is 0 Å². The number of rotatable bonds is 8. The number of nitrogens with zero attached hydrogens (tertiary/aromatic N) is 2. The van der Waals surface area contributed by atoms with E-state index in [0.29, 0.717) is 16.6 Å². The van der Waals surface area contributed by atoms with Gasteiger partial charge in [-0.1, -0.05) is 36.4 Å². The molecule has 3 rings (SSSR count). The Morgan fingerprint density at radius 2 is 1.41 bits per heavy atom. The summed E-state index contributed by atoms with van der Waals surface area (Å²) in [6.07, 6.45) is -0.638. The summed E-state index contributed by atoms with van der Waals surface area (Å²) in [6, 6.07) is 16.7. The van der Waals surface area contributed by atoms with Crippen LogP contribution in [-0.2, 0) is 23.7 Å². The molecule has 3 aromatic rings. The Kier molecular flexibility index (Phi) is 6.09. The Morgan fingerprint density at radius 1 is 0.852 bits per heavy atom. The van der Waals surface area contributed by atoms with Gasteiger partial charge >= 0.3 is 7.60 Å². The molecule has 0 atom stereocenters. The molecule has 1 heterocycles. The van der Waals surface area contributed by atoms with Gasteiger partial charge in [0.1, 0.15) is 0 Å². The van der Waals surface area contributed by atoms with Gasteiger partial charge in [0, 0.05) is 5.39 Å². The van der Waals surface area contributed by atoms with E-state index < -0.39 is 7.60 Å². The Labute approximate surface area is 158 Å². The molecule has 0 unspecified atom stereocenters. The predicted molar refractivity (Wildman–Crippen MR) is 103 cm³/mol. The fraction of sp³-hybridized carbons (Fsp3) is 0.316. The van der Waals surface area contributed by atoms with E-state index >= 15 is 0 Å². The van der Waals surface area contributed by atoms with Crippen LogP contribution in [0.25, 0.3) is 16.6 Å². The molecule has 27 heavy (non-hydrogen) atoms. The monoisotopic (exact) mass is 390 g/mol. The summed E-state index contributed by atoms with van der Waals surface area (Å²) < 4.78 is 25.9. The average Bonchev–Trinajstić information content (AvgIpc) is 3.06. The highest BCUT2D eigenvalue weighted by atomic mass is 31.2. The predicted octanol–water partition coefficient (Wildman–Crippen LogP) is 4.56. The molecule has 0 spiro atoms. The van der Waals surface area contributed by atoms with E-state index in [1.54, 1.807) is 38.4 Å². The lowest BCUT2D eigenvalue weighted by Crippen LogP contribution is -2.22. The van der Waals surface area contributed by atoms with Crippen LogP contribution in [0.1, 0.15) is 27.7 Å². The highest BCUT2D eigenvalue weighted by molar-refractivity contribution is 7.62. The van der Waals surface area contributed by atoms with Crippen molar-refractivity contribution in [1.29, 1.82) is 0 Å². The van der Waals surface area contributed by atoms with E-state index in [1.165, 1.54) is 0 Å². The molecule has 0 aliphatic heterocycles. The summed E-state index contributed by atoms with van der Waals surface area (Å²) in [7, 11) is -4.02. The van der Waals surface area contributed by atoms with Crippen LogP contribution < -0.4 is 5.44 Å². The van der Waals surface area contributed by atoms with Gasteiger partial charge in [-0.15, -0.1) is 9.35 Å². The highest BCUT2D eigenvalue weighted by Gasteiger charge is 2.39. The molecule has 0 fully saturated rings. The molecule has 0 radical (unpaired) electrons. The quantitative estimate of drug-likeness (QED) is 0.319. The third kappa shape index (κ3) is 4.46. The van der Waals surface area contributed by atoms with Gasteiger partial charge in [-0.25, -0.2) is 19.0 Å². The number of fused-ring (bicyclic) bond motifs is 1. The Morgan fingerprint density at radius 3 is 2.00 bits per heavy atom. The van der Waals surface area contributed by atoms with Crippen molar-refractivity contribution in [3.63, 3.8) is 0 Å². The Balaban J connectivity index is 2.19. The van der Waals surface area contributed by atoms with Crippen molar-refractivity contribution in [2.24, 2.45) is 0 Å². The van der Waals surface area contributed by atoms with Gasteiger partial charge in [0.25, 0.3) is 0 Å². The number of benzene rings is 2. The molecule has 0 N–H and O–H groups in total. The number of aromatic nitrogens is 2. The summed E-state index contributed by atoms with van der Waals surface area (Å²) in [6.45, 7) is 7.06. The van der Waals surface area contributed by atoms with Crippen LogP contribution in [0.5, 0.6) is 0 Å². The second-order valence-corrected chi connectivity index (χ2v) is 8.24. The average molecular weight is 390 g/mol. The Bertz CT molecular complexity index is 924. The topological polar surface area (TPSA) is 71.8 Å². The largest absolute Gasteiger partial charge is 0.433 e. The van der Waals surface area contributed by atoms with Crippen LogP contribution >= 0.6 is 7.60 Å². The minimum atomic E-state index is -4.02. The number of hydrogen-bond donors (Lipinski definition) is 0. The highest BCUT2D eigenvalue weighted by Crippen LogP contribution is 2.50. The SMILES string of the molecule is CC(C)OOP(=O)(OOC(C)C)c1c2ccccc2nn1-c1ccccc1. The van der Waals surface area contributed by atoms with Gasteiger partial charge in [-0.2, -0.15) is 5.10 Å². The third-order valence-corrected chi connectivity index (χ3v) is 4.99. The maximum absolute atomic E-state index is 13.7. The van der Waals surface area contributed by atoms with E-state index in [4.69, 9.17) is 19.1 Å². The fourth-order valence-electron chi connectivity index (χ4n) is 2.40. The van der Waals surface area contributed by atoms with Crippen LogP contribution in [0.3, 0.4) is 0 Å². The second-order valence-electron chi connectivity index (χ2n) is 6.52. The first kappa shape index (κ1) is 19.7. The van der Waals surface area contributed by atoms with Crippen molar-refractivity contribution >= 4 is 23.9 Å². The van der Waals surface area contributed by atoms with Gasteiger partial charge in [0.15, 0.2) is 5.44 Å². The molecule has 0 aliphatic carbocycles. The molecule has 0 aliphatic rings. The van der Waals surface area contributed by atoms with Crippen LogP contribution in [-0.4, -0.2) is 22.0 Å². The van der Waals surface area contributed by atoms with E-state index in [9.17, 15) is 4.57 Å². The van der Waals surface area contributed by atoms with Crippen molar-refractivity contribution in [3.8, 4) is 5.69 Å². The van der Waals surface area contributed by atoms with Crippen molar-refractivity contribution in [2.75, 3.05) is 0 Å². The zero-order chi connectivity index (χ0) is 19.4. The second kappa shape index (κ2) is 8.33. The molecule has 2 aromatic carbocycles. The van der Waals surface area contributed by atoms with Crippen molar-refractivity contribution in [2.45, 2.75) is 39.9 Å². The van der Waals surface area contributed by atoms with Crippen LogP contribution in [0.15, 0.2) is 54.6 Å². The van der Waals surface area contributed by atoms with Gasteiger partial charge in [0.2, 0.25) is 0 Å². The minimum absolute atomic E-state index is 0.241. The van der Waals surface area contributed by atoms with E-state index in [1.807, 2.05) is 48.5 Å².